The first kappa shape index (κ1) is 12.6. The lowest BCUT2D eigenvalue weighted by atomic mass is 10.1. The van der Waals surface area contributed by atoms with Gasteiger partial charge in [-0.15, -0.1) is 0 Å². The van der Waals surface area contributed by atoms with E-state index in [2.05, 4.69) is 5.10 Å². The summed E-state index contributed by atoms with van der Waals surface area (Å²) >= 11 is 0. The van der Waals surface area contributed by atoms with Crippen molar-refractivity contribution in [3.8, 4) is 11.8 Å². The van der Waals surface area contributed by atoms with E-state index in [1.165, 1.54) is 6.08 Å². The molecule has 0 spiro atoms. The zero-order valence-electron chi connectivity index (χ0n) is 10.4. The second-order valence-electron chi connectivity index (χ2n) is 3.98. The lowest BCUT2D eigenvalue weighted by molar-refractivity contribution is -0.114. The van der Waals surface area contributed by atoms with Gasteiger partial charge < -0.3 is 5.73 Å². The minimum atomic E-state index is -0.741. The molecule has 0 fully saturated rings. The van der Waals surface area contributed by atoms with Crippen molar-refractivity contribution in [2.24, 2.45) is 5.73 Å². The molecule has 2 N–H and O–H groups in total. The fraction of sp³-hybridized carbons (Fsp3) is 0.0714. The highest BCUT2D eigenvalue weighted by Crippen LogP contribution is 2.14. The number of hydrogen-bond donors (Lipinski definition) is 1. The van der Waals surface area contributed by atoms with Gasteiger partial charge in [0.1, 0.15) is 11.6 Å². The zero-order chi connectivity index (χ0) is 13.8. The molecule has 1 aromatic carbocycles. The summed E-state index contributed by atoms with van der Waals surface area (Å²) in [5, 5.41) is 13.2. The Balaban J connectivity index is 2.44. The molecule has 0 bridgehead atoms. The Morgan fingerprint density at radius 2 is 2.11 bits per heavy atom. The van der Waals surface area contributed by atoms with E-state index in [0.717, 1.165) is 11.4 Å². The van der Waals surface area contributed by atoms with Crippen molar-refractivity contribution in [1.29, 1.82) is 5.26 Å². The SMILES string of the molecule is Cc1nn(-c2ccccc2)cc1C=C(C#N)C(N)=O. The molecule has 0 saturated carbocycles. The van der Waals surface area contributed by atoms with Gasteiger partial charge in [-0.1, -0.05) is 18.2 Å². The Hall–Kier alpha value is -2.87. The smallest absolute Gasteiger partial charge is 0.259 e. The topological polar surface area (TPSA) is 84.7 Å². The summed E-state index contributed by atoms with van der Waals surface area (Å²) in [5.74, 6) is -0.741. The summed E-state index contributed by atoms with van der Waals surface area (Å²) in [5.41, 5.74) is 7.34. The van der Waals surface area contributed by atoms with E-state index in [-0.39, 0.29) is 5.57 Å². The Labute approximate surface area is 110 Å². The fourth-order valence-corrected chi connectivity index (χ4v) is 1.64. The molecule has 2 rings (SSSR count). The molecular weight excluding hydrogens is 240 g/mol. The first-order chi connectivity index (χ1) is 9.11. The minimum Gasteiger partial charge on any atom is -0.365 e. The molecule has 1 amide bonds. The number of benzene rings is 1. The van der Waals surface area contributed by atoms with E-state index >= 15 is 0 Å². The van der Waals surface area contributed by atoms with E-state index in [4.69, 9.17) is 11.0 Å². The third-order valence-electron chi connectivity index (χ3n) is 2.64. The van der Waals surface area contributed by atoms with E-state index < -0.39 is 5.91 Å². The van der Waals surface area contributed by atoms with Gasteiger partial charge in [-0.05, 0) is 25.1 Å². The van der Waals surface area contributed by atoms with Crippen LogP contribution in [0.3, 0.4) is 0 Å². The van der Waals surface area contributed by atoms with E-state index in [1.807, 2.05) is 30.3 Å². The number of primary amides is 1. The van der Waals surface area contributed by atoms with Crippen LogP contribution in [0.4, 0.5) is 0 Å². The van der Waals surface area contributed by atoms with Crippen molar-refractivity contribution in [3.63, 3.8) is 0 Å². The van der Waals surface area contributed by atoms with Gasteiger partial charge in [0.2, 0.25) is 0 Å². The molecule has 0 saturated heterocycles. The summed E-state index contributed by atoms with van der Waals surface area (Å²) in [6.07, 6.45) is 3.20. The molecule has 1 aromatic heterocycles. The maximum atomic E-state index is 11.0. The molecule has 0 aliphatic carbocycles. The van der Waals surface area contributed by atoms with Crippen LogP contribution in [0.25, 0.3) is 11.8 Å². The van der Waals surface area contributed by atoms with E-state index in [1.54, 1.807) is 23.9 Å². The summed E-state index contributed by atoms with van der Waals surface area (Å²) in [4.78, 5) is 11.0. The molecule has 0 aliphatic rings. The number of carbonyl (C=O) groups is 1. The Kier molecular flexibility index (Phi) is 3.44. The second kappa shape index (κ2) is 5.19. The van der Waals surface area contributed by atoms with Gasteiger partial charge in [-0.25, -0.2) is 4.68 Å². The quantitative estimate of drug-likeness (QED) is 0.664. The third-order valence-corrected chi connectivity index (χ3v) is 2.64. The van der Waals surface area contributed by atoms with Crippen LogP contribution in [0, 0.1) is 18.3 Å². The van der Waals surface area contributed by atoms with Crippen molar-refractivity contribution in [2.75, 3.05) is 0 Å². The first-order valence-corrected chi connectivity index (χ1v) is 5.65. The van der Waals surface area contributed by atoms with Crippen molar-refractivity contribution in [1.82, 2.24) is 9.78 Å². The van der Waals surface area contributed by atoms with Gasteiger partial charge in [0.25, 0.3) is 5.91 Å². The van der Waals surface area contributed by atoms with Crippen LogP contribution in [0.5, 0.6) is 0 Å². The molecule has 19 heavy (non-hydrogen) atoms. The number of para-hydroxylation sites is 1. The summed E-state index contributed by atoms with van der Waals surface area (Å²) in [7, 11) is 0. The zero-order valence-corrected chi connectivity index (χ0v) is 10.4. The van der Waals surface area contributed by atoms with Gasteiger partial charge >= 0.3 is 0 Å². The van der Waals surface area contributed by atoms with Gasteiger partial charge in [0.15, 0.2) is 0 Å². The van der Waals surface area contributed by atoms with Crippen molar-refractivity contribution >= 4 is 12.0 Å². The number of aromatic nitrogens is 2. The minimum absolute atomic E-state index is 0.0873. The Bertz CT molecular complexity index is 677. The Morgan fingerprint density at radius 1 is 1.42 bits per heavy atom. The lowest BCUT2D eigenvalue weighted by Gasteiger charge is -1.98. The predicted octanol–water partition coefficient (Wildman–Crippen LogP) is 1.57. The average molecular weight is 252 g/mol. The number of nitrogens with two attached hydrogens (primary N) is 1. The molecule has 2 aromatic rings. The van der Waals surface area contributed by atoms with Crippen LogP contribution >= 0.6 is 0 Å². The molecule has 0 radical (unpaired) electrons. The van der Waals surface area contributed by atoms with Crippen LogP contribution in [0.15, 0.2) is 42.1 Å². The third kappa shape index (κ3) is 2.69. The molecule has 0 atom stereocenters. The standard InChI is InChI=1S/C14H12N4O/c1-10-12(7-11(8-15)14(16)19)9-18(17-10)13-5-3-2-4-6-13/h2-7,9H,1H3,(H2,16,19). The summed E-state index contributed by atoms with van der Waals surface area (Å²) < 4.78 is 1.69. The number of amides is 1. The van der Waals surface area contributed by atoms with Crippen LogP contribution in [-0.4, -0.2) is 15.7 Å². The molecule has 5 nitrogen and oxygen atoms in total. The van der Waals surface area contributed by atoms with E-state index in [9.17, 15) is 4.79 Å². The maximum absolute atomic E-state index is 11.0. The van der Waals surface area contributed by atoms with Gasteiger partial charge in [-0.3, -0.25) is 4.79 Å². The fourth-order valence-electron chi connectivity index (χ4n) is 1.64. The lowest BCUT2D eigenvalue weighted by Crippen LogP contribution is -2.12. The number of carbonyl (C=O) groups excluding carboxylic acids is 1. The van der Waals surface area contributed by atoms with Crippen molar-refractivity contribution in [3.05, 3.63) is 53.4 Å². The molecule has 0 unspecified atom stereocenters. The van der Waals surface area contributed by atoms with E-state index in [0.29, 0.717) is 5.56 Å². The number of aryl methyl sites for hydroxylation is 1. The maximum Gasteiger partial charge on any atom is 0.259 e. The van der Waals surface area contributed by atoms with Crippen molar-refractivity contribution in [2.45, 2.75) is 6.92 Å². The average Bonchev–Trinajstić information content (AvgIpc) is 2.78. The molecule has 5 heteroatoms. The summed E-state index contributed by atoms with van der Waals surface area (Å²) in [6, 6.07) is 11.3. The predicted molar refractivity (Wildman–Crippen MR) is 71.1 cm³/mol. The van der Waals surface area contributed by atoms with Crippen LogP contribution in [0.1, 0.15) is 11.3 Å². The number of hydrogen-bond acceptors (Lipinski definition) is 3. The highest BCUT2D eigenvalue weighted by atomic mass is 16.1. The second-order valence-corrected chi connectivity index (χ2v) is 3.98. The van der Waals surface area contributed by atoms with Gasteiger partial charge in [0, 0.05) is 11.8 Å². The van der Waals surface area contributed by atoms with Gasteiger partial charge in [-0.2, -0.15) is 10.4 Å². The van der Waals surface area contributed by atoms with Crippen LogP contribution < -0.4 is 5.73 Å². The molecular formula is C14H12N4O. The molecule has 0 aliphatic heterocycles. The van der Waals surface area contributed by atoms with Gasteiger partial charge in [0.05, 0.1) is 11.4 Å². The summed E-state index contributed by atoms with van der Waals surface area (Å²) in [6.45, 7) is 1.81. The number of rotatable bonds is 3. The van der Waals surface area contributed by atoms with Crippen LogP contribution in [-0.2, 0) is 4.79 Å². The highest BCUT2D eigenvalue weighted by molar-refractivity contribution is 6.00. The first-order valence-electron chi connectivity index (χ1n) is 5.65. The van der Waals surface area contributed by atoms with Crippen molar-refractivity contribution < 1.29 is 4.79 Å². The Morgan fingerprint density at radius 3 is 2.68 bits per heavy atom. The molecule has 94 valence electrons. The molecule has 1 heterocycles. The van der Waals surface area contributed by atoms with Crippen LogP contribution in [0.2, 0.25) is 0 Å². The highest BCUT2D eigenvalue weighted by Gasteiger charge is 2.08. The normalized spacial score (nSPS) is 11.1. The largest absolute Gasteiger partial charge is 0.365 e. The monoisotopic (exact) mass is 252 g/mol. The number of nitriles is 1. The number of nitrogens with zero attached hydrogens (tertiary/aromatic N) is 3.